The molecule has 2 nitrogen and oxygen atoms in total. The van der Waals surface area contributed by atoms with Gasteiger partial charge in [0.25, 0.3) is 0 Å². The van der Waals surface area contributed by atoms with Gasteiger partial charge in [-0.05, 0) is 32.3 Å². The maximum atomic E-state index is 9.07. The van der Waals surface area contributed by atoms with Crippen LogP contribution in [0.2, 0.25) is 0 Å². The molecule has 1 aliphatic carbocycles. The van der Waals surface area contributed by atoms with E-state index < -0.39 is 0 Å². The van der Waals surface area contributed by atoms with Gasteiger partial charge in [-0.3, -0.25) is 0 Å². The minimum Gasteiger partial charge on any atom is -0.306 e. The predicted molar refractivity (Wildman–Crippen MR) is 69.5 cm³/mol. The molecule has 1 aliphatic rings. The molecule has 2 unspecified atom stereocenters. The third kappa shape index (κ3) is 2.87. The molecule has 0 radical (unpaired) electrons. The molecule has 1 fully saturated rings. The quantitative estimate of drug-likeness (QED) is 0.861. The Balaban J connectivity index is 1.99. The van der Waals surface area contributed by atoms with Gasteiger partial charge >= 0.3 is 0 Å². The minimum atomic E-state index is 0.197. The first-order chi connectivity index (χ1) is 8.20. The van der Waals surface area contributed by atoms with E-state index in [2.05, 4.69) is 49.5 Å². The Morgan fingerprint density at radius 1 is 1.29 bits per heavy atom. The Labute approximate surface area is 104 Å². The zero-order valence-corrected chi connectivity index (χ0v) is 10.6. The number of hydrogen-bond acceptors (Lipinski definition) is 2. The molecule has 0 saturated heterocycles. The number of aryl methyl sites for hydroxylation is 1. The Hall–Kier alpha value is -1.33. The second kappa shape index (κ2) is 5.33. The van der Waals surface area contributed by atoms with Crippen LogP contribution in [0.3, 0.4) is 0 Å². The fourth-order valence-electron chi connectivity index (χ4n) is 2.59. The van der Waals surface area contributed by atoms with Gasteiger partial charge in [0.05, 0.1) is 12.0 Å². The van der Waals surface area contributed by atoms with Gasteiger partial charge in [-0.15, -0.1) is 0 Å². The molecule has 0 aromatic heterocycles. The van der Waals surface area contributed by atoms with Gasteiger partial charge in [0.2, 0.25) is 0 Å². The van der Waals surface area contributed by atoms with Gasteiger partial charge in [-0.25, -0.2) is 0 Å². The molecule has 0 bridgehead atoms. The lowest BCUT2D eigenvalue weighted by atomic mass is 10.0. The Morgan fingerprint density at radius 3 is 2.65 bits per heavy atom. The summed E-state index contributed by atoms with van der Waals surface area (Å²) in [6.45, 7) is 4.28. The van der Waals surface area contributed by atoms with Gasteiger partial charge in [-0.1, -0.05) is 36.2 Å². The third-order valence-corrected chi connectivity index (χ3v) is 3.72. The number of nitrogens with zero attached hydrogens (tertiary/aromatic N) is 1. The largest absolute Gasteiger partial charge is 0.306 e. The highest BCUT2D eigenvalue weighted by molar-refractivity contribution is 5.23. The predicted octanol–water partition coefficient (Wildman–Crippen LogP) is 3.34. The first-order valence-electron chi connectivity index (χ1n) is 6.43. The van der Waals surface area contributed by atoms with Crippen LogP contribution in [0.25, 0.3) is 0 Å². The summed E-state index contributed by atoms with van der Waals surface area (Å²) >= 11 is 0. The van der Waals surface area contributed by atoms with Crippen molar-refractivity contribution in [3.63, 3.8) is 0 Å². The number of benzene rings is 1. The Kier molecular flexibility index (Phi) is 3.81. The van der Waals surface area contributed by atoms with E-state index in [-0.39, 0.29) is 5.92 Å². The molecule has 0 spiro atoms. The topological polar surface area (TPSA) is 35.8 Å². The van der Waals surface area contributed by atoms with Crippen molar-refractivity contribution in [1.29, 1.82) is 5.26 Å². The van der Waals surface area contributed by atoms with Gasteiger partial charge in [0.1, 0.15) is 0 Å². The summed E-state index contributed by atoms with van der Waals surface area (Å²) in [5.41, 5.74) is 2.59. The molecule has 0 amide bonds. The van der Waals surface area contributed by atoms with Crippen molar-refractivity contribution in [1.82, 2.24) is 5.32 Å². The van der Waals surface area contributed by atoms with Crippen LogP contribution in [-0.4, -0.2) is 6.04 Å². The number of rotatable bonds is 3. The van der Waals surface area contributed by atoms with E-state index in [9.17, 15) is 0 Å². The monoisotopic (exact) mass is 228 g/mol. The fraction of sp³-hybridized carbons (Fsp3) is 0.533. The fourth-order valence-corrected chi connectivity index (χ4v) is 2.59. The lowest BCUT2D eigenvalue weighted by Gasteiger charge is -2.22. The molecule has 2 heteroatoms. The summed E-state index contributed by atoms with van der Waals surface area (Å²) in [5.74, 6) is 0.197. The standard InChI is InChI=1S/C15H20N2/c1-11-6-8-13(9-7-11)12(2)17-15-5-3-4-14(15)10-16/h6-9,12,14-15,17H,3-5H2,1-2H3/t12-,14?,15?/m1/s1. The second-order valence-electron chi connectivity index (χ2n) is 5.07. The minimum absolute atomic E-state index is 0.197. The van der Waals surface area contributed by atoms with Crippen LogP contribution in [0.1, 0.15) is 43.4 Å². The molecule has 1 saturated carbocycles. The van der Waals surface area contributed by atoms with Crippen molar-refractivity contribution in [3.8, 4) is 6.07 Å². The summed E-state index contributed by atoms with van der Waals surface area (Å²) in [7, 11) is 0. The van der Waals surface area contributed by atoms with Crippen LogP contribution in [0.4, 0.5) is 0 Å². The normalized spacial score (nSPS) is 25.5. The Bertz CT molecular complexity index is 402. The summed E-state index contributed by atoms with van der Waals surface area (Å²) < 4.78 is 0. The highest BCUT2D eigenvalue weighted by Gasteiger charge is 2.27. The molecular formula is C15H20N2. The maximum absolute atomic E-state index is 9.07. The van der Waals surface area contributed by atoms with Gasteiger partial charge in [0.15, 0.2) is 0 Å². The van der Waals surface area contributed by atoms with Gasteiger partial charge < -0.3 is 5.32 Å². The van der Waals surface area contributed by atoms with Crippen molar-refractivity contribution in [2.24, 2.45) is 5.92 Å². The average Bonchev–Trinajstić information content (AvgIpc) is 2.77. The van der Waals surface area contributed by atoms with Crippen molar-refractivity contribution in [2.45, 2.75) is 45.2 Å². The van der Waals surface area contributed by atoms with Crippen LogP contribution in [-0.2, 0) is 0 Å². The second-order valence-corrected chi connectivity index (χ2v) is 5.07. The summed E-state index contributed by atoms with van der Waals surface area (Å²) in [5, 5.41) is 12.7. The molecule has 90 valence electrons. The summed E-state index contributed by atoms with van der Waals surface area (Å²) in [4.78, 5) is 0. The van der Waals surface area contributed by atoms with Crippen molar-refractivity contribution in [3.05, 3.63) is 35.4 Å². The molecular weight excluding hydrogens is 208 g/mol. The zero-order valence-electron chi connectivity index (χ0n) is 10.6. The first-order valence-corrected chi connectivity index (χ1v) is 6.43. The molecule has 17 heavy (non-hydrogen) atoms. The van der Waals surface area contributed by atoms with E-state index in [1.807, 2.05) is 0 Å². The van der Waals surface area contributed by atoms with Crippen molar-refractivity contribution < 1.29 is 0 Å². The number of hydrogen-bond donors (Lipinski definition) is 1. The van der Waals surface area contributed by atoms with Crippen molar-refractivity contribution >= 4 is 0 Å². The van der Waals surface area contributed by atoms with Crippen LogP contribution in [0.5, 0.6) is 0 Å². The molecule has 0 aliphatic heterocycles. The average molecular weight is 228 g/mol. The third-order valence-electron chi connectivity index (χ3n) is 3.72. The van der Waals surface area contributed by atoms with Crippen LogP contribution < -0.4 is 5.32 Å². The molecule has 1 aromatic carbocycles. The maximum Gasteiger partial charge on any atom is 0.0672 e. The van der Waals surface area contributed by atoms with E-state index in [1.54, 1.807) is 0 Å². The smallest absolute Gasteiger partial charge is 0.0672 e. The van der Waals surface area contributed by atoms with Gasteiger partial charge in [0, 0.05) is 12.1 Å². The highest BCUT2D eigenvalue weighted by Crippen LogP contribution is 2.27. The van der Waals surface area contributed by atoms with Crippen LogP contribution in [0, 0.1) is 24.2 Å². The lowest BCUT2D eigenvalue weighted by Crippen LogP contribution is -2.33. The van der Waals surface area contributed by atoms with E-state index in [1.165, 1.54) is 17.5 Å². The molecule has 0 heterocycles. The van der Waals surface area contributed by atoms with E-state index in [0.717, 1.165) is 12.8 Å². The Morgan fingerprint density at radius 2 is 2.00 bits per heavy atom. The summed E-state index contributed by atoms with van der Waals surface area (Å²) in [6.07, 6.45) is 3.36. The van der Waals surface area contributed by atoms with Crippen LogP contribution in [0.15, 0.2) is 24.3 Å². The van der Waals surface area contributed by atoms with E-state index in [0.29, 0.717) is 12.1 Å². The molecule has 2 rings (SSSR count). The number of nitrogens with one attached hydrogen (secondary N) is 1. The zero-order chi connectivity index (χ0) is 12.3. The van der Waals surface area contributed by atoms with E-state index >= 15 is 0 Å². The SMILES string of the molecule is Cc1ccc([C@@H](C)NC2CCCC2C#N)cc1. The lowest BCUT2D eigenvalue weighted by molar-refractivity contribution is 0.417. The number of nitriles is 1. The molecule has 3 atom stereocenters. The van der Waals surface area contributed by atoms with Gasteiger partial charge in [-0.2, -0.15) is 5.26 Å². The molecule has 1 aromatic rings. The van der Waals surface area contributed by atoms with Crippen molar-refractivity contribution in [2.75, 3.05) is 0 Å². The van der Waals surface area contributed by atoms with Crippen LogP contribution >= 0.6 is 0 Å². The summed E-state index contributed by atoms with van der Waals surface area (Å²) in [6, 6.07) is 11.7. The first kappa shape index (κ1) is 12.1. The molecule has 1 N–H and O–H groups in total. The highest BCUT2D eigenvalue weighted by atomic mass is 15.0. The van der Waals surface area contributed by atoms with E-state index in [4.69, 9.17) is 5.26 Å².